The number of carbonyl (C=O) groups is 1. The van der Waals surface area contributed by atoms with E-state index in [1.54, 1.807) is 5.38 Å². The third kappa shape index (κ3) is 7.39. The van der Waals surface area contributed by atoms with Crippen LogP contribution < -0.4 is 4.72 Å². The molecule has 0 aliphatic heterocycles. The fraction of sp³-hybridized carbons (Fsp3) is 0.600. The lowest BCUT2D eigenvalue weighted by Crippen LogP contribution is -2.22. The highest BCUT2D eigenvalue weighted by atomic mass is 32.3. The van der Waals surface area contributed by atoms with E-state index in [4.69, 9.17) is 0 Å². The molecule has 0 fully saturated rings. The first kappa shape index (κ1) is 17.9. The summed E-state index contributed by atoms with van der Waals surface area (Å²) in [5.74, 6) is -0.320. The first-order chi connectivity index (χ1) is 9.61. The Kier molecular flexibility index (Phi) is 6.10. The highest BCUT2D eigenvalue weighted by molar-refractivity contribution is 8.08. The van der Waals surface area contributed by atoms with Gasteiger partial charge >= 0.3 is 5.97 Å². The normalized spacial score (nSPS) is 12.1. The van der Waals surface area contributed by atoms with Crippen molar-refractivity contribution >= 4 is 42.3 Å². The number of hydrogen-bond acceptors (Lipinski definition) is 8. The maximum Gasteiger partial charge on any atom is 0.305 e. The maximum absolute atomic E-state index is 11.6. The van der Waals surface area contributed by atoms with Gasteiger partial charge in [0.05, 0.1) is 12.8 Å². The van der Waals surface area contributed by atoms with E-state index in [9.17, 15) is 21.6 Å². The van der Waals surface area contributed by atoms with Crippen LogP contribution in [0.4, 0.5) is 5.13 Å². The minimum absolute atomic E-state index is 0.103. The molecule has 0 saturated carbocycles. The number of hydrogen-bond donors (Lipinski definition) is 1. The lowest BCUT2D eigenvalue weighted by Gasteiger charge is -2.03. The van der Waals surface area contributed by atoms with Gasteiger partial charge in [0.15, 0.2) is 20.1 Å². The summed E-state index contributed by atoms with van der Waals surface area (Å²) in [6, 6.07) is 0. The first-order valence-electron chi connectivity index (χ1n) is 5.81. The number of nitrogens with one attached hydrogen (secondary N) is 1. The van der Waals surface area contributed by atoms with Gasteiger partial charge in [-0.25, -0.2) is 21.8 Å². The Morgan fingerprint density at radius 2 is 2.05 bits per heavy atom. The maximum atomic E-state index is 11.6. The number of esters is 1. The molecule has 0 amide bonds. The number of sulfonamides is 1. The van der Waals surface area contributed by atoms with Gasteiger partial charge in [-0.2, -0.15) is 0 Å². The van der Waals surface area contributed by atoms with E-state index < -0.39 is 24.9 Å². The van der Waals surface area contributed by atoms with Crippen LogP contribution in [-0.2, 0) is 35.8 Å². The summed E-state index contributed by atoms with van der Waals surface area (Å²) in [6.07, 6.45) is 2.13. The molecule has 0 saturated heterocycles. The molecule has 1 heterocycles. The third-order valence-electron chi connectivity index (χ3n) is 2.21. The minimum atomic E-state index is -3.98. The second-order valence-electron chi connectivity index (χ2n) is 4.33. The molecular formula is C10H16N2O6S3. The van der Waals surface area contributed by atoms with E-state index in [1.165, 1.54) is 7.11 Å². The molecule has 0 aliphatic rings. The summed E-state index contributed by atoms with van der Waals surface area (Å²) in [5.41, 5.74) is 0.626. The van der Waals surface area contributed by atoms with E-state index in [2.05, 4.69) is 14.4 Å². The van der Waals surface area contributed by atoms with Crippen molar-refractivity contribution in [2.24, 2.45) is 0 Å². The van der Waals surface area contributed by atoms with Gasteiger partial charge in [0.25, 0.3) is 0 Å². The SMILES string of the molecule is COC(=O)CCCc1csc(NS(=O)(=O)CS(C)(=O)=O)n1. The molecule has 0 aromatic carbocycles. The van der Waals surface area contributed by atoms with Crippen molar-refractivity contribution in [2.45, 2.75) is 19.3 Å². The van der Waals surface area contributed by atoms with Gasteiger partial charge in [-0.15, -0.1) is 11.3 Å². The lowest BCUT2D eigenvalue weighted by atomic mass is 10.2. The van der Waals surface area contributed by atoms with Crippen LogP contribution in [0, 0.1) is 0 Å². The summed E-state index contributed by atoms with van der Waals surface area (Å²) < 4.78 is 51.8. The van der Waals surface area contributed by atoms with Gasteiger partial charge in [0, 0.05) is 18.1 Å². The Labute approximate surface area is 127 Å². The van der Waals surface area contributed by atoms with Gasteiger partial charge in [0.1, 0.15) is 0 Å². The molecule has 21 heavy (non-hydrogen) atoms. The number of methoxy groups -OCH3 is 1. The quantitative estimate of drug-likeness (QED) is 0.669. The molecule has 1 rings (SSSR count). The number of nitrogens with zero attached hydrogens (tertiary/aromatic N) is 1. The zero-order valence-corrected chi connectivity index (χ0v) is 14.0. The van der Waals surface area contributed by atoms with Crippen LogP contribution in [0.15, 0.2) is 5.38 Å². The molecule has 8 nitrogen and oxygen atoms in total. The molecule has 11 heteroatoms. The van der Waals surface area contributed by atoms with E-state index in [1.807, 2.05) is 0 Å². The lowest BCUT2D eigenvalue weighted by molar-refractivity contribution is -0.140. The van der Waals surface area contributed by atoms with Crippen LogP contribution in [0.25, 0.3) is 0 Å². The Hall–Kier alpha value is -1.20. The largest absolute Gasteiger partial charge is 0.469 e. The van der Waals surface area contributed by atoms with Crippen LogP contribution in [0.1, 0.15) is 18.5 Å². The van der Waals surface area contributed by atoms with E-state index >= 15 is 0 Å². The zero-order chi connectivity index (χ0) is 16.1. The van der Waals surface area contributed by atoms with Gasteiger partial charge in [0.2, 0.25) is 10.0 Å². The van der Waals surface area contributed by atoms with Crippen LogP contribution in [0.5, 0.6) is 0 Å². The summed E-state index contributed by atoms with van der Waals surface area (Å²) in [4.78, 5) is 15.0. The molecule has 120 valence electrons. The average Bonchev–Trinajstić information content (AvgIpc) is 2.72. The summed E-state index contributed by atoms with van der Waals surface area (Å²) >= 11 is 1.05. The van der Waals surface area contributed by atoms with Crippen molar-refractivity contribution in [1.82, 2.24) is 4.98 Å². The monoisotopic (exact) mass is 356 g/mol. The Morgan fingerprint density at radius 1 is 1.38 bits per heavy atom. The van der Waals surface area contributed by atoms with Crippen molar-refractivity contribution < 1.29 is 26.4 Å². The number of aromatic nitrogens is 1. The van der Waals surface area contributed by atoms with Crippen molar-refractivity contribution in [2.75, 3.05) is 23.2 Å². The van der Waals surface area contributed by atoms with E-state index in [0.717, 1.165) is 17.6 Å². The van der Waals surface area contributed by atoms with Crippen molar-refractivity contribution in [3.05, 3.63) is 11.1 Å². The highest BCUT2D eigenvalue weighted by Crippen LogP contribution is 2.18. The van der Waals surface area contributed by atoms with Crippen molar-refractivity contribution in [3.63, 3.8) is 0 Å². The number of aryl methyl sites for hydroxylation is 1. The van der Waals surface area contributed by atoms with Crippen LogP contribution in [0.2, 0.25) is 0 Å². The predicted molar refractivity (Wildman–Crippen MR) is 79.3 cm³/mol. The van der Waals surface area contributed by atoms with E-state index in [0.29, 0.717) is 18.5 Å². The number of ether oxygens (including phenoxy) is 1. The standard InChI is InChI=1S/C10H16N2O6S3/c1-18-9(13)5-3-4-8-6-19-10(11-8)12-21(16,17)7-20(2,14)15/h6H,3-5,7H2,1-2H3,(H,11,12). The fourth-order valence-electron chi connectivity index (χ4n) is 1.43. The van der Waals surface area contributed by atoms with Crippen LogP contribution in [0.3, 0.4) is 0 Å². The Balaban J connectivity index is 2.57. The van der Waals surface area contributed by atoms with Gasteiger partial charge < -0.3 is 4.74 Å². The number of sulfone groups is 1. The number of carbonyl (C=O) groups excluding carboxylic acids is 1. The molecule has 0 radical (unpaired) electrons. The second-order valence-corrected chi connectivity index (χ2v) is 9.42. The van der Waals surface area contributed by atoms with Crippen LogP contribution in [-0.4, -0.2) is 46.2 Å². The first-order valence-corrected chi connectivity index (χ1v) is 10.4. The molecule has 0 bridgehead atoms. The van der Waals surface area contributed by atoms with Gasteiger partial charge in [-0.1, -0.05) is 0 Å². The minimum Gasteiger partial charge on any atom is -0.469 e. The molecule has 1 aromatic rings. The van der Waals surface area contributed by atoms with Crippen molar-refractivity contribution in [3.8, 4) is 0 Å². The zero-order valence-electron chi connectivity index (χ0n) is 11.5. The topological polar surface area (TPSA) is 119 Å². The molecule has 0 unspecified atom stereocenters. The third-order valence-corrected chi connectivity index (χ3v) is 6.60. The summed E-state index contributed by atoms with van der Waals surface area (Å²) in [5, 5.41) is 0.763. The molecular weight excluding hydrogens is 340 g/mol. The number of anilines is 1. The predicted octanol–water partition coefficient (Wildman–Crippen LogP) is 0.383. The second kappa shape index (κ2) is 7.18. The molecule has 1 aromatic heterocycles. The van der Waals surface area contributed by atoms with Gasteiger partial charge in [-0.05, 0) is 12.8 Å². The van der Waals surface area contributed by atoms with Crippen LogP contribution >= 0.6 is 11.3 Å². The highest BCUT2D eigenvalue weighted by Gasteiger charge is 2.19. The van der Waals surface area contributed by atoms with Gasteiger partial charge in [-0.3, -0.25) is 9.52 Å². The summed E-state index contributed by atoms with van der Waals surface area (Å²) in [6.45, 7) is 0. The number of rotatable bonds is 8. The molecule has 1 N–H and O–H groups in total. The molecule has 0 aliphatic carbocycles. The Morgan fingerprint density at radius 3 is 2.62 bits per heavy atom. The van der Waals surface area contributed by atoms with E-state index in [-0.39, 0.29) is 17.5 Å². The summed E-state index contributed by atoms with van der Waals surface area (Å²) in [7, 11) is -6.32. The number of thiazole rings is 1. The fourth-order valence-corrected chi connectivity index (χ4v) is 5.39. The smallest absolute Gasteiger partial charge is 0.305 e. The van der Waals surface area contributed by atoms with Crippen molar-refractivity contribution in [1.29, 1.82) is 0 Å². The molecule has 0 spiro atoms. The molecule has 0 atom stereocenters. The average molecular weight is 356 g/mol. The Bertz CT molecular complexity index is 692.